The Morgan fingerprint density at radius 3 is 2.56 bits per heavy atom. The number of rotatable bonds is 3. The van der Waals surface area contributed by atoms with Gasteiger partial charge in [0.05, 0.1) is 5.41 Å². The third kappa shape index (κ3) is 1.85. The van der Waals surface area contributed by atoms with Crippen LogP contribution in [-0.2, 0) is 4.79 Å². The second-order valence-corrected chi connectivity index (χ2v) is 7.26. The summed E-state index contributed by atoms with van der Waals surface area (Å²) in [6.07, 6.45) is 13.3. The molecule has 4 fully saturated rings. The Labute approximate surface area is 110 Å². The van der Waals surface area contributed by atoms with E-state index in [4.69, 9.17) is 6.42 Å². The summed E-state index contributed by atoms with van der Waals surface area (Å²) in [5.74, 6) is 4.48. The van der Waals surface area contributed by atoms with Crippen molar-refractivity contribution in [2.24, 2.45) is 22.7 Å². The lowest BCUT2D eigenvalue weighted by molar-refractivity contribution is -0.155. The van der Waals surface area contributed by atoms with Crippen LogP contribution >= 0.6 is 0 Å². The van der Waals surface area contributed by atoms with Crippen LogP contribution in [0.1, 0.15) is 51.9 Å². The monoisotopic (exact) mass is 245 g/mol. The fourth-order valence-corrected chi connectivity index (χ4v) is 5.42. The van der Waals surface area contributed by atoms with Crippen LogP contribution in [0.3, 0.4) is 0 Å². The van der Waals surface area contributed by atoms with Gasteiger partial charge in [-0.15, -0.1) is 12.3 Å². The molecule has 4 rings (SSSR count). The van der Waals surface area contributed by atoms with Crippen LogP contribution in [0.15, 0.2) is 0 Å². The molecular weight excluding hydrogens is 222 g/mol. The second kappa shape index (κ2) is 4.02. The normalized spacial score (nSPS) is 44.7. The quantitative estimate of drug-likeness (QED) is 0.601. The van der Waals surface area contributed by atoms with Gasteiger partial charge in [0.2, 0.25) is 5.91 Å². The van der Waals surface area contributed by atoms with Crippen molar-refractivity contribution in [3.05, 3.63) is 0 Å². The molecule has 2 nitrogen and oxygen atoms in total. The van der Waals surface area contributed by atoms with Crippen molar-refractivity contribution in [1.29, 1.82) is 0 Å². The molecule has 0 aromatic heterocycles. The van der Waals surface area contributed by atoms with Crippen LogP contribution in [0.25, 0.3) is 0 Å². The molecular formula is C16H23NO. The number of nitrogens with one attached hydrogen (secondary N) is 1. The minimum absolute atomic E-state index is 0.0482. The van der Waals surface area contributed by atoms with E-state index in [-0.39, 0.29) is 11.3 Å². The van der Waals surface area contributed by atoms with Crippen molar-refractivity contribution in [3.63, 3.8) is 0 Å². The molecule has 2 atom stereocenters. The van der Waals surface area contributed by atoms with Gasteiger partial charge in [-0.2, -0.15) is 0 Å². The maximum atomic E-state index is 12.5. The van der Waals surface area contributed by atoms with E-state index >= 15 is 0 Å². The van der Waals surface area contributed by atoms with Gasteiger partial charge in [0.15, 0.2) is 0 Å². The predicted octanol–water partition coefficient (Wildman–Crippen LogP) is 2.73. The van der Waals surface area contributed by atoms with Crippen molar-refractivity contribution in [1.82, 2.24) is 5.32 Å². The van der Waals surface area contributed by atoms with Crippen molar-refractivity contribution in [2.45, 2.75) is 51.9 Å². The molecule has 0 saturated heterocycles. The first-order valence-corrected chi connectivity index (χ1v) is 7.27. The number of amides is 1. The summed E-state index contributed by atoms with van der Waals surface area (Å²) >= 11 is 0. The summed E-state index contributed by atoms with van der Waals surface area (Å²) in [6, 6.07) is 0. The van der Waals surface area contributed by atoms with E-state index in [2.05, 4.69) is 18.2 Å². The van der Waals surface area contributed by atoms with Gasteiger partial charge in [0.1, 0.15) is 0 Å². The largest absolute Gasteiger partial charge is 0.355 e. The molecule has 4 aliphatic rings. The Bertz CT molecular complexity index is 392. The Morgan fingerprint density at radius 1 is 1.33 bits per heavy atom. The summed E-state index contributed by atoms with van der Waals surface area (Å²) in [5.41, 5.74) is 0.390. The van der Waals surface area contributed by atoms with E-state index < -0.39 is 0 Å². The van der Waals surface area contributed by atoms with Crippen LogP contribution in [0.2, 0.25) is 0 Å². The van der Waals surface area contributed by atoms with E-state index in [1.54, 1.807) is 0 Å². The molecule has 4 aliphatic carbocycles. The molecule has 0 spiro atoms. The third-order valence-corrected chi connectivity index (χ3v) is 5.39. The smallest absolute Gasteiger partial charge is 0.226 e. The zero-order chi connectivity index (χ0) is 12.8. The lowest BCUT2D eigenvalue weighted by Crippen LogP contribution is -2.56. The molecule has 1 amide bonds. The zero-order valence-electron chi connectivity index (χ0n) is 11.3. The first-order valence-electron chi connectivity index (χ1n) is 7.27. The standard InChI is InChI=1S/C16H23NO/c1-3-4-5-17-14(18)16-9-12-6-13(10-16)8-15(2,7-12)11-16/h1,12-13H,4-11H2,2H3,(H,17,18). The first kappa shape index (κ1) is 12.1. The highest BCUT2D eigenvalue weighted by atomic mass is 16.2. The molecule has 2 heteroatoms. The van der Waals surface area contributed by atoms with E-state index in [1.165, 1.54) is 19.3 Å². The topological polar surface area (TPSA) is 29.1 Å². The van der Waals surface area contributed by atoms with E-state index in [9.17, 15) is 4.79 Å². The van der Waals surface area contributed by atoms with Gasteiger partial charge in [0.25, 0.3) is 0 Å². The van der Waals surface area contributed by atoms with Gasteiger partial charge >= 0.3 is 0 Å². The molecule has 0 aliphatic heterocycles. The van der Waals surface area contributed by atoms with Crippen molar-refractivity contribution in [3.8, 4) is 12.3 Å². The van der Waals surface area contributed by atoms with Crippen LogP contribution < -0.4 is 5.32 Å². The average molecular weight is 245 g/mol. The van der Waals surface area contributed by atoms with Gasteiger partial charge in [-0.1, -0.05) is 6.92 Å². The fourth-order valence-electron chi connectivity index (χ4n) is 5.42. The number of terminal acetylenes is 1. The van der Waals surface area contributed by atoms with Crippen LogP contribution in [-0.4, -0.2) is 12.5 Å². The first-order chi connectivity index (χ1) is 8.55. The van der Waals surface area contributed by atoms with Crippen molar-refractivity contribution >= 4 is 5.91 Å². The summed E-state index contributed by atoms with van der Waals surface area (Å²) < 4.78 is 0. The Morgan fingerprint density at radius 2 is 2.00 bits per heavy atom. The predicted molar refractivity (Wildman–Crippen MR) is 71.7 cm³/mol. The molecule has 2 unspecified atom stereocenters. The second-order valence-electron chi connectivity index (χ2n) is 7.26. The molecule has 4 bridgehead atoms. The van der Waals surface area contributed by atoms with Gasteiger partial charge in [-0.25, -0.2) is 0 Å². The van der Waals surface area contributed by atoms with E-state index in [1.807, 2.05) is 0 Å². The lowest BCUT2D eigenvalue weighted by Gasteiger charge is -2.60. The Hall–Kier alpha value is -0.970. The molecule has 0 aromatic carbocycles. The number of carbonyl (C=O) groups excluding carboxylic acids is 1. The summed E-state index contributed by atoms with van der Waals surface area (Å²) in [4.78, 5) is 12.5. The average Bonchev–Trinajstić information content (AvgIpc) is 2.25. The highest BCUT2D eigenvalue weighted by Crippen LogP contribution is 2.65. The van der Waals surface area contributed by atoms with E-state index in [0.29, 0.717) is 18.4 Å². The highest BCUT2D eigenvalue weighted by molar-refractivity contribution is 5.83. The molecule has 0 radical (unpaired) electrons. The minimum Gasteiger partial charge on any atom is -0.355 e. The molecule has 18 heavy (non-hydrogen) atoms. The number of hydrogen-bond acceptors (Lipinski definition) is 1. The van der Waals surface area contributed by atoms with Crippen LogP contribution in [0.4, 0.5) is 0 Å². The van der Waals surface area contributed by atoms with Crippen molar-refractivity contribution in [2.75, 3.05) is 6.54 Å². The maximum Gasteiger partial charge on any atom is 0.226 e. The molecule has 0 heterocycles. The fraction of sp³-hybridized carbons (Fsp3) is 0.812. The Kier molecular flexibility index (Phi) is 2.70. The lowest BCUT2D eigenvalue weighted by atomic mass is 9.44. The number of carbonyl (C=O) groups is 1. The zero-order valence-corrected chi connectivity index (χ0v) is 11.3. The minimum atomic E-state index is -0.0482. The van der Waals surface area contributed by atoms with Crippen LogP contribution in [0.5, 0.6) is 0 Å². The molecule has 98 valence electrons. The van der Waals surface area contributed by atoms with Crippen molar-refractivity contribution < 1.29 is 4.79 Å². The highest BCUT2D eigenvalue weighted by Gasteiger charge is 2.58. The summed E-state index contributed by atoms with van der Waals surface area (Å²) in [5, 5.41) is 3.08. The summed E-state index contributed by atoms with van der Waals surface area (Å²) in [6.45, 7) is 3.04. The SMILES string of the molecule is C#CCCNC(=O)C12CC3CC(CC(C)(C3)C1)C2. The van der Waals surface area contributed by atoms with Crippen LogP contribution in [0, 0.1) is 35.0 Å². The van der Waals surface area contributed by atoms with Gasteiger partial charge in [0, 0.05) is 13.0 Å². The Balaban J connectivity index is 1.75. The maximum absolute atomic E-state index is 12.5. The van der Waals surface area contributed by atoms with E-state index in [0.717, 1.165) is 31.1 Å². The van der Waals surface area contributed by atoms with Gasteiger partial charge < -0.3 is 5.32 Å². The summed E-state index contributed by atoms with van der Waals surface area (Å²) in [7, 11) is 0. The molecule has 1 N–H and O–H groups in total. The molecule has 4 saturated carbocycles. The number of hydrogen-bond donors (Lipinski definition) is 1. The van der Waals surface area contributed by atoms with Gasteiger partial charge in [-0.3, -0.25) is 4.79 Å². The van der Waals surface area contributed by atoms with Gasteiger partial charge in [-0.05, 0) is 55.8 Å². The third-order valence-electron chi connectivity index (χ3n) is 5.39. The molecule has 0 aromatic rings.